The molecule has 2 nitrogen and oxygen atoms in total. The predicted octanol–water partition coefficient (Wildman–Crippen LogP) is 5.29. The standard InChI is InChI=1S/C14H12Br2O2S/c1-8(2)18-11-6-4-3-5-9(11)13(17)10-7-12(15)19-14(10)16/h3-8H,1-2H3. The molecule has 0 aliphatic rings. The van der Waals surface area contributed by atoms with Crippen molar-refractivity contribution >= 4 is 49.0 Å². The molecule has 0 fully saturated rings. The van der Waals surface area contributed by atoms with Crippen molar-refractivity contribution in [2.24, 2.45) is 0 Å². The topological polar surface area (TPSA) is 26.3 Å². The molecule has 0 amide bonds. The van der Waals surface area contributed by atoms with Crippen molar-refractivity contribution in [2.75, 3.05) is 0 Å². The van der Waals surface area contributed by atoms with Gasteiger partial charge in [-0.1, -0.05) is 12.1 Å². The summed E-state index contributed by atoms with van der Waals surface area (Å²) >= 11 is 8.29. The van der Waals surface area contributed by atoms with Gasteiger partial charge in [-0.25, -0.2) is 0 Å². The number of para-hydroxylation sites is 1. The largest absolute Gasteiger partial charge is 0.490 e. The molecule has 0 saturated carbocycles. The lowest BCUT2D eigenvalue weighted by molar-refractivity contribution is 0.103. The van der Waals surface area contributed by atoms with Crippen LogP contribution in [0.2, 0.25) is 0 Å². The molecule has 1 heterocycles. The average Bonchev–Trinajstić information content (AvgIpc) is 2.67. The van der Waals surface area contributed by atoms with E-state index in [0.717, 1.165) is 7.57 Å². The van der Waals surface area contributed by atoms with Gasteiger partial charge in [0, 0.05) is 5.56 Å². The maximum atomic E-state index is 12.6. The normalized spacial score (nSPS) is 10.8. The molecule has 2 aromatic rings. The third-order valence-corrected chi connectivity index (χ3v) is 4.73. The van der Waals surface area contributed by atoms with Crippen molar-refractivity contribution in [3.8, 4) is 5.75 Å². The molecule has 100 valence electrons. The van der Waals surface area contributed by atoms with Crippen LogP contribution in [-0.4, -0.2) is 11.9 Å². The van der Waals surface area contributed by atoms with Crippen LogP contribution in [0.1, 0.15) is 29.8 Å². The van der Waals surface area contributed by atoms with E-state index in [-0.39, 0.29) is 11.9 Å². The summed E-state index contributed by atoms with van der Waals surface area (Å²) in [4.78, 5) is 12.6. The maximum absolute atomic E-state index is 12.6. The van der Waals surface area contributed by atoms with Crippen LogP contribution in [0.4, 0.5) is 0 Å². The van der Waals surface area contributed by atoms with Crippen LogP contribution in [0.25, 0.3) is 0 Å². The summed E-state index contributed by atoms with van der Waals surface area (Å²) in [7, 11) is 0. The lowest BCUT2D eigenvalue weighted by atomic mass is 10.1. The molecule has 1 aromatic heterocycles. The van der Waals surface area contributed by atoms with E-state index in [0.29, 0.717) is 16.9 Å². The quantitative estimate of drug-likeness (QED) is 0.648. The molecule has 0 atom stereocenters. The minimum atomic E-state index is -0.0370. The third kappa shape index (κ3) is 3.46. The van der Waals surface area contributed by atoms with E-state index >= 15 is 0 Å². The first-order chi connectivity index (χ1) is 8.99. The first-order valence-corrected chi connectivity index (χ1v) is 8.14. The van der Waals surface area contributed by atoms with E-state index in [1.807, 2.05) is 38.1 Å². The Labute approximate surface area is 133 Å². The van der Waals surface area contributed by atoms with Crippen molar-refractivity contribution in [2.45, 2.75) is 20.0 Å². The molecule has 5 heteroatoms. The van der Waals surface area contributed by atoms with Gasteiger partial charge in [-0.05, 0) is 63.9 Å². The van der Waals surface area contributed by atoms with Gasteiger partial charge in [0.05, 0.1) is 19.2 Å². The molecule has 0 radical (unpaired) electrons. The molecule has 1 aromatic carbocycles. The Bertz CT molecular complexity index is 605. The van der Waals surface area contributed by atoms with Crippen LogP contribution in [0.3, 0.4) is 0 Å². The number of ether oxygens (including phenoxy) is 1. The van der Waals surface area contributed by atoms with E-state index in [1.165, 1.54) is 11.3 Å². The molecule has 0 aliphatic carbocycles. The second-order valence-corrected chi connectivity index (χ2v) is 7.98. The van der Waals surface area contributed by atoms with Gasteiger partial charge >= 0.3 is 0 Å². The van der Waals surface area contributed by atoms with Crippen molar-refractivity contribution in [1.82, 2.24) is 0 Å². The smallest absolute Gasteiger partial charge is 0.198 e. The first-order valence-electron chi connectivity index (χ1n) is 5.74. The number of thiophene rings is 1. The zero-order valence-electron chi connectivity index (χ0n) is 10.4. The van der Waals surface area contributed by atoms with Crippen LogP contribution in [-0.2, 0) is 0 Å². The summed E-state index contributed by atoms with van der Waals surface area (Å²) in [6.45, 7) is 3.89. The molecular formula is C14H12Br2O2S. The second kappa shape index (κ2) is 6.20. The van der Waals surface area contributed by atoms with E-state index in [1.54, 1.807) is 6.07 Å². The predicted molar refractivity (Wildman–Crippen MR) is 85.4 cm³/mol. The van der Waals surface area contributed by atoms with E-state index < -0.39 is 0 Å². The first kappa shape index (κ1) is 14.8. The Morgan fingerprint density at radius 2 is 1.89 bits per heavy atom. The van der Waals surface area contributed by atoms with Crippen molar-refractivity contribution < 1.29 is 9.53 Å². The van der Waals surface area contributed by atoms with Gasteiger partial charge in [0.2, 0.25) is 0 Å². The Balaban J connectivity index is 2.41. The van der Waals surface area contributed by atoms with Crippen LogP contribution in [0, 0.1) is 0 Å². The number of carbonyl (C=O) groups is 1. The highest BCUT2D eigenvalue weighted by atomic mass is 79.9. The highest BCUT2D eigenvalue weighted by molar-refractivity contribution is 9.12. The monoisotopic (exact) mass is 402 g/mol. The number of carbonyl (C=O) groups excluding carboxylic acids is 1. The minimum Gasteiger partial charge on any atom is -0.490 e. The molecular weight excluding hydrogens is 392 g/mol. The molecule has 0 spiro atoms. The van der Waals surface area contributed by atoms with Gasteiger partial charge in [0.25, 0.3) is 0 Å². The summed E-state index contributed by atoms with van der Waals surface area (Å²) in [5.74, 6) is 0.585. The Morgan fingerprint density at radius 3 is 2.47 bits per heavy atom. The molecule has 0 aliphatic heterocycles. The summed E-state index contributed by atoms with van der Waals surface area (Å²) < 4.78 is 7.43. The van der Waals surface area contributed by atoms with Crippen molar-refractivity contribution in [3.05, 3.63) is 49.0 Å². The summed E-state index contributed by atoms with van der Waals surface area (Å²) in [5, 5.41) is 0. The number of benzene rings is 1. The van der Waals surface area contributed by atoms with Gasteiger partial charge < -0.3 is 4.74 Å². The molecule has 0 N–H and O–H groups in total. The van der Waals surface area contributed by atoms with Gasteiger partial charge in [0.15, 0.2) is 5.78 Å². The fraction of sp³-hybridized carbons (Fsp3) is 0.214. The van der Waals surface area contributed by atoms with Crippen LogP contribution < -0.4 is 4.74 Å². The maximum Gasteiger partial charge on any atom is 0.198 e. The lowest BCUT2D eigenvalue weighted by Gasteiger charge is -2.13. The zero-order valence-corrected chi connectivity index (χ0v) is 14.4. The van der Waals surface area contributed by atoms with E-state index in [4.69, 9.17) is 4.74 Å². The SMILES string of the molecule is CC(C)Oc1ccccc1C(=O)c1cc(Br)sc1Br. The molecule has 2 rings (SSSR count). The lowest BCUT2D eigenvalue weighted by Crippen LogP contribution is -2.10. The summed E-state index contributed by atoms with van der Waals surface area (Å²) in [5.41, 5.74) is 1.24. The van der Waals surface area contributed by atoms with E-state index in [9.17, 15) is 4.79 Å². The minimum absolute atomic E-state index is 0.0339. The number of rotatable bonds is 4. The summed E-state index contributed by atoms with van der Waals surface area (Å²) in [6, 6.07) is 9.15. The molecule has 0 saturated heterocycles. The van der Waals surface area contributed by atoms with E-state index in [2.05, 4.69) is 31.9 Å². The highest BCUT2D eigenvalue weighted by Crippen LogP contribution is 2.34. The average molecular weight is 404 g/mol. The number of ketones is 1. The summed E-state index contributed by atoms with van der Waals surface area (Å²) in [6.07, 6.45) is 0.0339. The number of halogens is 2. The third-order valence-electron chi connectivity index (χ3n) is 2.40. The Hall–Kier alpha value is -0.650. The molecule has 19 heavy (non-hydrogen) atoms. The van der Waals surface area contributed by atoms with Gasteiger partial charge in [0.1, 0.15) is 5.75 Å². The molecule has 0 bridgehead atoms. The van der Waals surface area contributed by atoms with Gasteiger partial charge in [-0.2, -0.15) is 0 Å². The highest BCUT2D eigenvalue weighted by Gasteiger charge is 2.19. The fourth-order valence-corrected chi connectivity index (χ4v) is 4.44. The second-order valence-electron chi connectivity index (χ2n) is 4.23. The Morgan fingerprint density at radius 1 is 1.21 bits per heavy atom. The van der Waals surface area contributed by atoms with Gasteiger partial charge in [-0.15, -0.1) is 11.3 Å². The number of hydrogen-bond acceptors (Lipinski definition) is 3. The van der Waals surface area contributed by atoms with Crippen LogP contribution >= 0.6 is 43.2 Å². The fourth-order valence-electron chi connectivity index (χ4n) is 1.65. The molecule has 0 unspecified atom stereocenters. The Kier molecular flexibility index (Phi) is 4.81. The number of hydrogen-bond donors (Lipinski definition) is 0. The van der Waals surface area contributed by atoms with Gasteiger partial charge in [-0.3, -0.25) is 4.79 Å². The van der Waals surface area contributed by atoms with Crippen molar-refractivity contribution in [1.29, 1.82) is 0 Å². The van der Waals surface area contributed by atoms with Crippen LogP contribution in [0.5, 0.6) is 5.75 Å². The zero-order chi connectivity index (χ0) is 14.0. The van der Waals surface area contributed by atoms with Crippen LogP contribution in [0.15, 0.2) is 37.9 Å². The van der Waals surface area contributed by atoms with Crippen molar-refractivity contribution in [3.63, 3.8) is 0 Å².